The summed E-state index contributed by atoms with van der Waals surface area (Å²) in [5.41, 5.74) is 1.17. The van der Waals surface area contributed by atoms with Crippen molar-refractivity contribution < 1.29 is 4.79 Å². The Kier molecular flexibility index (Phi) is 1.99. The molecule has 13 heavy (non-hydrogen) atoms. The SMILES string of the molecule is O=[C]c1cc(Cl)nc2ccccc12. The fourth-order valence-electron chi connectivity index (χ4n) is 1.23. The summed E-state index contributed by atoms with van der Waals surface area (Å²) in [5, 5.41) is 1.10. The Bertz CT molecular complexity index is 467. The summed E-state index contributed by atoms with van der Waals surface area (Å²) in [6.07, 6.45) is 1.84. The molecule has 1 heterocycles. The van der Waals surface area contributed by atoms with Crippen LogP contribution in [0.3, 0.4) is 0 Å². The van der Waals surface area contributed by atoms with Crippen LogP contribution in [0.1, 0.15) is 5.56 Å². The van der Waals surface area contributed by atoms with Crippen molar-refractivity contribution in [2.45, 2.75) is 0 Å². The van der Waals surface area contributed by atoms with Crippen molar-refractivity contribution in [1.82, 2.24) is 4.98 Å². The average molecular weight is 191 g/mol. The lowest BCUT2D eigenvalue weighted by molar-refractivity contribution is 0.563. The minimum absolute atomic E-state index is 0.317. The first-order valence-electron chi connectivity index (χ1n) is 3.75. The largest absolute Gasteiger partial charge is 0.285 e. The van der Waals surface area contributed by atoms with Gasteiger partial charge >= 0.3 is 0 Å². The van der Waals surface area contributed by atoms with Gasteiger partial charge in [0.2, 0.25) is 6.29 Å². The fraction of sp³-hybridized carbons (Fsp3) is 0. The zero-order chi connectivity index (χ0) is 9.26. The van der Waals surface area contributed by atoms with E-state index in [1.54, 1.807) is 0 Å². The number of aromatic nitrogens is 1. The molecule has 0 aliphatic rings. The van der Waals surface area contributed by atoms with Crippen LogP contribution in [0.4, 0.5) is 0 Å². The van der Waals surface area contributed by atoms with Crippen LogP contribution in [0.25, 0.3) is 10.9 Å². The number of carbonyl (C=O) groups excluding carboxylic acids is 1. The smallest absolute Gasteiger partial charge is 0.234 e. The molecule has 1 aromatic carbocycles. The second kappa shape index (κ2) is 3.15. The van der Waals surface area contributed by atoms with Gasteiger partial charge in [0.1, 0.15) is 5.15 Å². The summed E-state index contributed by atoms with van der Waals surface area (Å²) < 4.78 is 0. The quantitative estimate of drug-likeness (QED) is 0.646. The molecular formula is C10H5ClNO. The van der Waals surface area contributed by atoms with Crippen molar-refractivity contribution >= 4 is 28.8 Å². The zero-order valence-electron chi connectivity index (χ0n) is 6.62. The fourth-order valence-corrected chi connectivity index (χ4v) is 1.43. The number of para-hydroxylation sites is 1. The van der Waals surface area contributed by atoms with Gasteiger partial charge in [-0.1, -0.05) is 29.8 Å². The Morgan fingerprint density at radius 2 is 2.08 bits per heavy atom. The van der Waals surface area contributed by atoms with Crippen LogP contribution in [0.5, 0.6) is 0 Å². The van der Waals surface area contributed by atoms with E-state index in [9.17, 15) is 4.79 Å². The van der Waals surface area contributed by atoms with Gasteiger partial charge in [-0.15, -0.1) is 0 Å². The van der Waals surface area contributed by atoms with E-state index in [0.29, 0.717) is 16.2 Å². The average Bonchev–Trinajstić information content (AvgIpc) is 2.16. The van der Waals surface area contributed by atoms with Crippen molar-refractivity contribution in [3.8, 4) is 0 Å². The molecule has 1 radical (unpaired) electrons. The van der Waals surface area contributed by atoms with Gasteiger partial charge in [-0.05, 0) is 12.1 Å². The summed E-state index contributed by atoms with van der Waals surface area (Å²) in [5.74, 6) is 0. The zero-order valence-corrected chi connectivity index (χ0v) is 7.38. The molecule has 1 aromatic heterocycles. The Balaban J connectivity index is 2.89. The molecule has 2 rings (SSSR count). The highest BCUT2D eigenvalue weighted by Crippen LogP contribution is 2.18. The van der Waals surface area contributed by atoms with Crippen molar-refractivity contribution in [1.29, 1.82) is 0 Å². The van der Waals surface area contributed by atoms with Crippen molar-refractivity contribution in [3.05, 3.63) is 41.0 Å². The summed E-state index contributed by atoms with van der Waals surface area (Å²) in [4.78, 5) is 14.6. The molecule has 3 heteroatoms. The molecule has 2 nitrogen and oxygen atoms in total. The first-order chi connectivity index (χ1) is 6.31. The van der Waals surface area contributed by atoms with E-state index in [1.807, 2.05) is 30.6 Å². The maximum Gasteiger partial charge on any atom is 0.234 e. The number of rotatable bonds is 1. The molecule has 0 spiro atoms. The third-order valence-electron chi connectivity index (χ3n) is 1.79. The van der Waals surface area contributed by atoms with Gasteiger partial charge in [0.15, 0.2) is 0 Å². The van der Waals surface area contributed by atoms with Crippen LogP contribution < -0.4 is 0 Å². The Labute approximate surface area is 80.2 Å². The molecule has 0 fully saturated rings. The minimum atomic E-state index is 0.317. The molecule has 0 N–H and O–H groups in total. The third kappa shape index (κ3) is 1.40. The maximum atomic E-state index is 10.6. The van der Waals surface area contributed by atoms with Crippen molar-refractivity contribution in [2.75, 3.05) is 0 Å². The Morgan fingerprint density at radius 1 is 1.31 bits per heavy atom. The topological polar surface area (TPSA) is 30.0 Å². The first kappa shape index (κ1) is 8.20. The Morgan fingerprint density at radius 3 is 2.85 bits per heavy atom. The van der Waals surface area contributed by atoms with Gasteiger partial charge in [-0.3, -0.25) is 4.79 Å². The number of halogens is 1. The van der Waals surface area contributed by atoms with Gasteiger partial charge in [0, 0.05) is 10.9 Å². The highest BCUT2D eigenvalue weighted by atomic mass is 35.5. The lowest BCUT2D eigenvalue weighted by Crippen LogP contribution is -1.87. The van der Waals surface area contributed by atoms with E-state index in [-0.39, 0.29) is 0 Å². The highest BCUT2D eigenvalue weighted by Gasteiger charge is 2.02. The molecule has 0 atom stereocenters. The molecule has 2 aromatic rings. The maximum absolute atomic E-state index is 10.6. The number of benzene rings is 1. The van der Waals surface area contributed by atoms with Gasteiger partial charge in [-0.25, -0.2) is 4.98 Å². The van der Waals surface area contributed by atoms with Crippen LogP contribution >= 0.6 is 11.6 Å². The van der Waals surface area contributed by atoms with E-state index < -0.39 is 0 Å². The van der Waals surface area contributed by atoms with Crippen LogP contribution in [0.2, 0.25) is 5.15 Å². The first-order valence-corrected chi connectivity index (χ1v) is 4.12. The lowest BCUT2D eigenvalue weighted by Gasteiger charge is -1.99. The predicted molar refractivity (Wildman–Crippen MR) is 51.5 cm³/mol. The molecule has 0 aliphatic heterocycles. The number of pyridine rings is 1. The molecule has 0 unspecified atom stereocenters. The Hall–Kier alpha value is -1.41. The van der Waals surface area contributed by atoms with E-state index in [4.69, 9.17) is 11.6 Å². The predicted octanol–water partition coefficient (Wildman–Crippen LogP) is 2.35. The monoisotopic (exact) mass is 190 g/mol. The van der Waals surface area contributed by atoms with Crippen LogP contribution in [0, 0.1) is 0 Å². The second-order valence-electron chi connectivity index (χ2n) is 2.61. The number of hydrogen-bond donors (Lipinski definition) is 0. The van der Waals surface area contributed by atoms with E-state index in [1.165, 1.54) is 6.07 Å². The number of hydrogen-bond acceptors (Lipinski definition) is 2. The lowest BCUT2D eigenvalue weighted by atomic mass is 10.1. The molecule has 0 bridgehead atoms. The van der Waals surface area contributed by atoms with Gasteiger partial charge in [-0.2, -0.15) is 0 Å². The van der Waals surface area contributed by atoms with Crippen molar-refractivity contribution in [2.24, 2.45) is 0 Å². The van der Waals surface area contributed by atoms with Crippen LogP contribution in [-0.2, 0) is 4.79 Å². The summed E-state index contributed by atoms with van der Waals surface area (Å²) in [6, 6.07) is 8.83. The standard InChI is InChI=1S/C10H5ClNO/c11-10-5-7(6-13)8-3-1-2-4-9(8)12-10/h1-5H. The van der Waals surface area contributed by atoms with Crippen LogP contribution in [-0.4, -0.2) is 11.3 Å². The summed E-state index contributed by atoms with van der Waals surface area (Å²) in [7, 11) is 0. The molecule has 0 saturated carbocycles. The molecular weight excluding hydrogens is 186 g/mol. The molecule has 0 amide bonds. The third-order valence-corrected chi connectivity index (χ3v) is 1.99. The molecule has 63 valence electrons. The van der Waals surface area contributed by atoms with E-state index >= 15 is 0 Å². The van der Waals surface area contributed by atoms with Gasteiger partial charge < -0.3 is 0 Å². The van der Waals surface area contributed by atoms with Crippen molar-refractivity contribution in [3.63, 3.8) is 0 Å². The van der Waals surface area contributed by atoms with E-state index in [2.05, 4.69) is 4.98 Å². The minimum Gasteiger partial charge on any atom is -0.285 e. The van der Waals surface area contributed by atoms with Gasteiger partial charge in [0.25, 0.3) is 0 Å². The summed E-state index contributed by atoms with van der Waals surface area (Å²) >= 11 is 5.71. The normalized spacial score (nSPS) is 10.2. The van der Waals surface area contributed by atoms with Gasteiger partial charge in [0.05, 0.1) is 5.52 Å². The summed E-state index contributed by atoms with van der Waals surface area (Å²) in [6.45, 7) is 0. The van der Waals surface area contributed by atoms with Crippen LogP contribution in [0.15, 0.2) is 30.3 Å². The highest BCUT2D eigenvalue weighted by molar-refractivity contribution is 6.30. The molecule has 0 saturated heterocycles. The molecule has 0 aliphatic carbocycles. The second-order valence-corrected chi connectivity index (χ2v) is 3.00. The van der Waals surface area contributed by atoms with E-state index in [0.717, 1.165) is 5.39 Å². The number of nitrogens with zero attached hydrogens (tertiary/aromatic N) is 1. The number of fused-ring (bicyclic) bond motifs is 1.